The summed E-state index contributed by atoms with van der Waals surface area (Å²) in [4.78, 5) is 17.8. The highest BCUT2D eigenvalue weighted by Gasteiger charge is 2.17. The van der Waals surface area contributed by atoms with E-state index in [-0.39, 0.29) is 22.9 Å². The van der Waals surface area contributed by atoms with Gasteiger partial charge in [0.15, 0.2) is 0 Å². The second-order valence-electron chi connectivity index (χ2n) is 4.12. The normalized spacial score (nSPS) is 9.81. The van der Waals surface area contributed by atoms with Crippen LogP contribution in [0.2, 0.25) is 0 Å². The van der Waals surface area contributed by atoms with E-state index >= 15 is 0 Å². The van der Waals surface area contributed by atoms with Crippen molar-refractivity contribution in [2.45, 2.75) is 6.92 Å². The first-order valence-corrected chi connectivity index (χ1v) is 5.84. The number of anilines is 2. The van der Waals surface area contributed by atoms with Gasteiger partial charge in [0.25, 0.3) is 0 Å². The molecule has 2 N–H and O–H groups in total. The van der Waals surface area contributed by atoms with E-state index in [1.54, 1.807) is 6.07 Å². The number of carboxylic acid groups (broad SMARTS) is 1. The van der Waals surface area contributed by atoms with Crippen molar-refractivity contribution in [3.05, 3.63) is 57.7 Å². The van der Waals surface area contributed by atoms with Crippen LogP contribution < -0.4 is 5.32 Å². The minimum absolute atomic E-state index is 0.00107. The van der Waals surface area contributed by atoms with E-state index in [9.17, 15) is 14.3 Å². The number of nitrogens with one attached hydrogen (secondary N) is 1. The largest absolute Gasteiger partial charge is 0.478 e. The van der Waals surface area contributed by atoms with Crippen LogP contribution in [0, 0.1) is 12.7 Å². The standard InChI is InChI=1S/C13H10FN5O2/c1-7-6-10(18-19-15)17-12(11(7)13(20)21)16-9-5-3-2-4-8(9)14/h2-6H,1H3,(H,16,17)(H,20,21). The Balaban J connectivity index is 2.57. The Labute approximate surface area is 118 Å². The molecule has 8 heteroatoms. The van der Waals surface area contributed by atoms with E-state index in [1.807, 2.05) is 0 Å². The first-order valence-electron chi connectivity index (χ1n) is 5.84. The van der Waals surface area contributed by atoms with E-state index < -0.39 is 11.8 Å². The molecule has 0 unspecified atom stereocenters. The summed E-state index contributed by atoms with van der Waals surface area (Å²) in [6, 6.07) is 7.12. The summed E-state index contributed by atoms with van der Waals surface area (Å²) in [5.41, 5.74) is 8.74. The third kappa shape index (κ3) is 3.07. The highest BCUT2D eigenvalue weighted by molar-refractivity contribution is 5.96. The molecule has 7 nitrogen and oxygen atoms in total. The zero-order valence-corrected chi connectivity index (χ0v) is 10.9. The van der Waals surface area contributed by atoms with Crippen LogP contribution in [0.25, 0.3) is 10.4 Å². The Hall–Kier alpha value is -3.12. The topological polar surface area (TPSA) is 111 Å². The molecule has 0 radical (unpaired) electrons. The maximum atomic E-state index is 13.6. The summed E-state index contributed by atoms with van der Waals surface area (Å²) >= 11 is 0. The molecule has 1 heterocycles. The lowest BCUT2D eigenvalue weighted by atomic mass is 10.1. The number of aromatic carboxylic acids is 1. The molecule has 0 amide bonds. The molecule has 21 heavy (non-hydrogen) atoms. The fraction of sp³-hybridized carbons (Fsp3) is 0.0769. The van der Waals surface area contributed by atoms with Crippen molar-refractivity contribution in [2.24, 2.45) is 5.11 Å². The summed E-state index contributed by atoms with van der Waals surface area (Å²) < 4.78 is 13.6. The molecule has 2 rings (SSSR count). The quantitative estimate of drug-likeness (QED) is 0.504. The second kappa shape index (κ2) is 5.89. The molecule has 2 aromatic rings. The van der Waals surface area contributed by atoms with Crippen LogP contribution in [0.4, 0.5) is 21.7 Å². The van der Waals surface area contributed by atoms with E-state index in [2.05, 4.69) is 20.3 Å². The Morgan fingerprint density at radius 1 is 1.48 bits per heavy atom. The van der Waals surface area contributed by atoms with Crippen LogP contribution in [0.5, 0.6) is 0 Å². The Bertz CT molecular complexity index is 756. The van der Waals surface area contributed by atoms with Crippen molar-refractivity contribution in [1.82, 2.24) is 4.98 Å². The zero-order valence-electron chi connectivity index (χ0n) is 10.9. The smallest absolute Gasteiger partial charge is 0.339 e. The third-order valence-electron chi connectivity index (χ3n) is 2.69. The Morgan fingerprint density at radius 3 is 2.81 bits per heavy atom. The van der Waals surface area contributed by atoms with Crippen LogP contribution in [0.15, 0.2) is 35.4 Å². The molecular formula is C13H10FN5O2. The fourth-order valence-electron chi connectivity index (χ4n) is 1.80. The molecule has 1 aromatic carbocycles. The molecule has 0 saturated carbocycles. The first-order chi connectivity index (χ1) is 10.0. The Morgan fingerprint density at radius 2 is 2.19 bits per heavy atom. The second-order valence-corrected chi connectivity index (χ2v) is 4.12. The number of hydrogen-bond donors (Lipinski definition) is 2. The summed E-state index contributed by atoms with van der Waals surface area (Å²) in [5, 5.41) is 15.2. The van der Waals surface area contributed by atoms with Crippen molar-refractivity contribution in [3.8, 4) is 0 Å². The summed E-state index contributed by atoms with van der Waals surface area (Å²) in [6.45, 7) is 1.54. The molecule has 0 spiro atoms. The van der Waals surface area contributed by atoms with Gasteiger partial charge in [0.2, 0.25) is 0 Å². The number of benzene rings is 1. The van der Waals surface area contributed by atoms with Gasteiger partial charge in [-0.05, 0) is 41.3 Å². The van der Waals surface area contributed by atoms with Crippen LogP contribution >= 0.6 is 0 Å². The lowest BCUT2D eigenvalue weighted by Crippen LogP contribution is -2.08. The number of hydrogen-bond acceptors (Lipinski definition) is 4. The van der Waals surface area contributed by atoms with Gasteiger partial charge >= 0.3 is 5.97 Å². The van der Waals surface area contributed by atoms with Crippen molar-refractivity contribution in [1.29, 1.82) is 0 Å². The van der Waals surface area contributed by atoms with E-state index in [0.29, 0.717) is 5.56 Å². The van der Waals surface area contributed by atoms with Gasteiger partial charge in [0.05, 0.1) is 5.69 Å². The van der Waals surface area contributed by atoms with Gasteiger partial charge in [-0.15, -0.1) is 0 Å². The van der Waals surface area contributed by atoms with E-state index in [1.165, 1.54) is 31.2 Å². The van der Waals surface area contributed by atoms with Crippen LogP contribution in [-0.2, 0) is 0 Å². The number of halogens is 1. The molecule has 0 aliphatic rings. The highest BCUT2D eigenvalue weighted by atomic mass is 19.1. The lowest BCUT2D eigenvalue weighted by molar-refractivity contribution is 0.0697. The van der Waals surface area contributed by atoms with Gasteiger partial charge in [-0.1, -0.05) is 12.1 Å². The number of carbonyl (C=O) groups is 1. The number of carboxylic acids is 1. The van der Waals surface area contributed by atoms with Crippen molar-refractivity contribution >= 4 is 23.3 Å². The minimum atomic E-state index is -1.22. The summed E-state index contributed by atoms with van der Waals surface area (Å²) in [6.07, 6.45) is 0. The number of pyridine rings is 1. The van der Waals surface area contributed by atoms with Crippen molar-refractivity contribution < 1.29 is 14.3 Å². The molecule has 0 bridgehead atoms. The van der Waals surface area contributed by atoms with Gasteiger partial charge in [-0.3, -0.25) is 0 Å². The number of aromatic nitrogens is 1. The maximum absolute atomic E-state index is 13.6. The summed E-state index contributed by atoms with van der Waals surface area (Å²) in [5.74, 6) is -1.86. The SMILES string of the molecule is Cc1cc(N=[N+]=[N-])nc(Nc2ccccc2F)c1C(=O)O. The molecule has 1 aromatic heterocycles. The van der Waals surface area contributed by atoms with Gasteiger partial charge in [0.1, 0.15) is 23.0 Å². The molecule has 0 fully saturated rings. The van der Waals surface area contributed by atoms with Gasteiger partial charge in [-0.25, -0.2) is 14.2 Å². The number of rotatable bonds is 4. The molecule has 106 valence electrons. The Kier molecular flexibility index (Phi) is 4.01. The lowest BCUT2D eigenvalue weighted by Gasteiger charge is -2.12. The van der Waals surface area contributed by atoms with Crippen molar-refractivity contribution in [3.63, 3.8) is 0 Å². The predicted molar refractivity (Wildman–Crippen MR) is 74.4 cm³/mol. The van der Waals surface area contributed by atoms with Crippen LogP contribution in [0.1, 0.15) is 15.9 Å². The number of aryl methyl sites for hydroxylation is 1. The van der Waals surface area contributed by atoms with Gasteiger partial charge in [-0.2, -0.15) is 0 Å². The predicted octanol–water partition coefficient (Wildman–Crippen LogP) is 3.91. The van der Waals surface area contributed by atoms with Gasteiger partial charge in [0, 0.05) is 4.91 Å². The van der Waals surface area contributed by atoms with E-state index in [4.69, 9.17) is 5.53 Å². The fourth-order valence-corrected chi connectivity index (χ4v) is 1.80. The highest BCUT2D eigenvalue weighted by Crippen LogP contribution is 2.27. The zero-order chi connectivity index (χ0) is 15.4. The molecular weight excluding hydrogens is 277 g/mol. The number of azide groups is 1. The van der Waals surface area contributed by atoms with Gasteiger partial charge < -0.3 is 10.4 Å². The summed E-state index contributed by atoms with van der Waals surface area (Å²) in [7, 11) is 0. The minimum Gasteiger partial charge on any atom is -0.478 e. The maximum Gasteiger partial charge on any atom is 0.339 e. The third-order valence-corrected chi connectivity index (χ3v) is 2.69. The van der Waals surface area contributed by atoms with E-state index in [0.717, 1.165) is 0 Å². The number of para-hydroxylation sites is 1. The average molecular weight is 287 g/mol. The average Bonchev–Trinajstić information content (AvgIpc) is 2.41. The molecule has 0 saturated heterocycles. The molecule has 0 aliphatic carbocycles. The molecule has 0 aliphatic heterocycles. The number of nitrogens with zero attached hydrogens (tertiary/aromatic N) is 4. The first kappa shape index (κ1) is 14.3. The van der Waals surface area contributed by atoms with Crippen LogP contribution in [-0.4, -0.2) is 16.1 Å². The monoisotopic (exact) mass is 287 g/mol. The molecule has 0 atom stereocenters. The van der Waals surface area contributed by atoms with Crippen LogP contribution in [0.3, 0.4) is 0 Å². The van der Waals surface area contributed by atoms with Crippen molar-refractivity contribution in [2.75, 3.05) is 5.32 Å².